The van der Waals surface area contributed by atoms with Crippen molar-refractivity contribution >= 4 is 21.5 Å². The molecule has 1 aromatic rings. The first-order valence-corrected chi connectivity index (χ1v) is 5.49. The highest BCUT2D eigenvalue weighted by molar-refractivity contribution is 7.86. The second kappa shape index (κ2) is 3.14. The maximum Gasteiger partial charge on any atom is 0.297 e. The molecule has 0 amide bonds. The van der Waals surface area contributed by atoms with E-state index in [2.05, 4.69) is 0 Å². The van der Waals surface area contributed by atoms with Crippen molar-refractivity contribution in [3.8, 4) is 0 Å². The van der Waals surface area contributed by atoms with Gasteiger partial charge in [-0.25, -0.2) is 0 Å². The maximum absolute atomic E-state index is 10.5. The number of thiophene rings is 1. The highest BCUT2D eigenvalue weighted by atomic mass is 32.2. The van der Waals surface area contributed by atoms with Crippen molar-refractivity contribution in [3.63, 3.8) is 0 Å². The molecule has 0 saturated heterocycles. The lowest BCUT2D eigenvalue weighted by Gasteiger charge is -2.04. The minimum absolute atomic E-state index is 0.262. The molecule has 0 saturated carbocycles. The molecule has 68 valence electrons. The number of hydrogen-bond acceptors (Lipinski definition) is 4. The largest absolute Gasteiger partial charge is 0.371 e. The summed E-state index contributed by atoms with van der Waals surface area (Å²) in [5.41, 5.74) is -1.15. The van der Waals surface area contributed by atoms with E-state index in [4.69, 9.17) is 9.66 Å². The fraction of sp³-hybridized carbons (Fsp3) is 0.333. The maximum atomic E-state index is 10.5. The first-order valence-electron chi connectivity index (χ1n) is 3.11. The summed E-state index contributed by atoms with van der Waals surface area (Å²) in [4.78, 5) is 0.262. The van der Waals surface area contributed by atoms with Gasteiger partial charge in [-0.15, -0.1) is 11.3 Å². The lowest BCUT2D eigenvalue weighted by Crippen LogP contribution is -2.10. The molecule has 4 nitrogen and oxygen atoms in total. The highest BCUT2D eigenvalue weighted by Gasteiger charge is 2.24. The second-order valence-electron chi connectivity index (χ2n) is 2.34. The summed E-state index contributed by atoms with van der Waals surface area (Å²) in [7, 11) is -4.38. The van der Waals surface area contributed by atoms with Crippen molar-refractivity contribution in [1.82, 2.24) is 0 Å². The number of aryl methyl sites for hydroxylation is 1. The number of hydrogen-bond donors (Lipinski definition) is 2. The van der Waals surface area contributed by atoms with Crippen LogP contribution in [0.4, 0.5) is 0 Å². The van der Waals surface area contributed by atoms with E-state index in [1.807, 2.05) is 0 Å². The van der Waals surface area contributed by atoms with Crippen molar-refractivity contribution in [1.29, 1.82) is 0 Å². The molecule has 1 atom stereocenters. The molecule has 1 heterocycles. The molecule has 12 heavy (non-hydrogen) atoms. The van der Waals surface area contributed by atoms with Crippen LogP contribution in [-0.4, -0.2) is 18.1 Å². The first kappa shape index (κ1) is 9.66. The van der Waals surface area contributed by atoms with Gasteiger partial charge in [-0.05, 0) is 23.9 Å². The van der Waals surface area contributed by atoms with Gasteiger partial charge in [0.25, 0.3) is 10.1 Å². The van der Waals surface area contributed by atoms with E-state index in [9.17, 15) is 8.42 Å². The van der Waals surface area contributed by atoms with E-state index in [1.165, 1.54) is 0 Å². The molecular formula is C6H8O4S2. The Hall–Kier alpha value is -0.430. The summed E-state index contributed by atoms with van der Waals surface area (Å²) in [6.07, 6.45) is 0. The lowest BCUT2D eigenvalue weighted by atomic mass is 10.3. The van der Waals surface area contributed by atoms with Crippen molar-refractivity contribution in [2.45, 2.75) is 12.4 Å². The molecule has 1 unspecified atom stereocenters. The molecule has 1 aromatic heterocycles. The van der Waals surface area contributed by atoms with E-state index in [-0.39, 0.29) is 4.88 Å². The SMILES string of the molecule is Cc1ccsc1C(O)S(=O)(=O)O. The van der Waals surface area contributed by atoms with E-state index in [0.717, 1.165) is 11.3 Å². The molecule has 0 spiro atoms. The van der Waals surface area contributed by atoms with Crippen LogP contribution in [0.2, 0.25) is 0 Å². The minimum Gasteiger partial charge on any atom is -0.371 e. The van der Waals surface area contributed by atoms with Crippen LogP contribution in [0.3, 0.4) is 0 Å². The van der Waals surface area contributed by atoms with Crippen molar-refractivity contribution in [3.05, 3.63) is 21.9 Å². The standard InChI is InChI=1S/C6H8O4S2/c1-4-2-3-11-5(4)6(7)12(8,9)10/h2-3,6-7H,1H3,(H,8,9,10). The van der Waals surface area contributed by atoms with E-state index in [0.29, 0.717) is 5.56 Å². The van der Waals surface area contributed by atoms with Gasteiger partial charge >= 0.3 is 0 Å². The average molecular weight is 208 g/mol. The average Bonchev–Trinajstić information content (AvgIpc) is 2.31. The van der Waals surface area contributed by atoms with Gasteiger partial charge < -0.3 is 5.11 Å². The number of aliphatic hydroxyl groups is 1. The Morgan fingerprint density at radius 1 is 1.58 bits per heavy atom. The molecule has 0 aliphatic rings. The van der Waals surface area contributed by atoms with Crippen molar-refractivity contribution in [2.24, 2.45) is 0 Å². The Morgan fingerprint density at radius 2 is 2.17 bits per heavy atom. The number of aliphatic hydroxyl groups excluding tert-OH is 1. The zero-order valence-corrected chi connectivity index (χ0v) is 7.89. The summed E-state index contributed by atoms with van der Waals surface area (Å²) >= 11 is 1.10. The molecular weight excluding hydrogens is 200 g/mol. The fourth-order valence-electron chi connectivity index (χ4n) is 0.773. The third-order valence-electron chi connectivity index (χ3n) is 1.41. The summed E-state index contributed by atoms with van der Waals surface area (Å²) < 4.78 is 29.5. The topological polar surface area (TPSA) is 74.6 Å². The Bertz CT molecular complexity index is 365. The van der Waals surface area contributed by atoms with Gasteiger partial charge in [0, 0.05) is 0 Å². The van der Waals surface area contributed by atoms with Crippen molar-refractivity contribution in [2.75, 3.05) is 0 Å². The first-order chi connectivity index (χ1) is 5.43. The fourth-order valence-corrected chi connectivity index (χ4v) is 2.55. The molecule has 1 rings (SSSR count). The second-order valence-corrected chi connectivity index (χ2v) is 4.76. The predicted molar refractivity (Wildman–Crippen MR) is 45.6 cm³/mol. The van der Waals surface area contributed by atoms with Crippen LogP contribution < -0.4 is 0 Å². The van der Waals surface area contributed by atoms with Gasteiger partial charge in [0.05, 0.1) is 4.88 Å². The molecule has 0 aromatic carbocycles. The van der Waals surface area contributed by atoms with E-state index < -0.39 is 15.6 Å². The van der Waals surface area contributed by atoms with Gasteiger partial charge in [0.15, 0.2) is 0 Å². The summed E-state index contributed by atoms with van der Waals surface area (Å²) in [5.74, 6) is 0. The lowest BCUT2D eigenvalue weighted by molar-refractivity contribution is 0.241. The molecule has 6 heteroatoms. The Labute approximate surface area is 74.2 Å². The van der Waals surface area contributed by atoms with Crippen LogP contribution in [0, 0.1) is 6.92 Å². The van der Waals surface area contributed by atoms with Gasteiger partial charge in [0.1, 0.15) is 0 Å². The normalized spacial score (nSPS) is 14.6. The third-order valence-corrected chi connectivity index (χ3v) is 3.43. The van der Waals surface area contributed by atoms with Crippen molar-refractivity contribution < 1.29 is 18.1 Å². The van der Waals surface area contributed by atoms with Crippen LogP contribution in [0.25, 0.3) is 0 Å². The van der Waals surface area contributed by atoms with Crippen LogP contribution >= 0.6 is 11.3 Å². The zero-order valence-electron chi connectivity index (χ0n) is 6.26. The molecule has 2 N–H and O–H groups in total. The monoisotopic (exact) mass is 208 g/mol. The quantitative estimate of drug-likeness (QED) is 0.709. The predicted octanol–water partition coefficient (Wildman–Crippen LogP) is 0.935. The van der Waals surface area contributed by atoms with E-state index in [1.54, 1.807) is 18.4 Å². The smallest absolute Gasteiger partial charge is 0.297 e. The molecule has 0 radical (unpaired) electrons. The zero-order chi connectivity index (χ0) is 9.35. The Balaban J connectivity index is 3.09. The third kappa shape index (κ3) is 1.84. The van der Waals surface area contributed by atoms with Gasteiger partial charge in [-0.3, -0.25) is 4.55 Å². The summed E-state index contributed by atoms with van der Waals surface area (Å²) in [5, 5.41) is 10.8. The van der Waals surface area contributed by atoms with Gasteiger partial charge in [0.2, 0.25) is 5.44 Å². The van der Waals surface area contributed by atoms with Crippen LogP contribution in [-0.2, 0) is 10.1 Å². The molecule has 0 aliphatic carbocycles. The van der Waals surface area contributed by atoms with Gasteiger partial charge in [-0.2, -0.15) is 8.42 Å². The summed E-state index contributed by atoms with van der Waals surface area (Å²) in [6, 6.07) is 1.67. The molecule has 0 aliphatic heterocycles. The van der Waals surface area contributed by atoms with Crippen LogP contribution in [0.1, 0.15) is 15.9 Å². The Kier molecular flexibility index (Phi) is 2.52. The summed E-state index contributed by atoms with van der Waals surface area (Å²) in [6.45, 7) is 1.67. The van der Waals surface area contributed by atoms with Gasteiger partial charge in [-0.1, -0.05) is 0 Å². The Morgan fingerprint density at radius 3 is 2.50 bits per heavy atom. The van der Waals surface area contributed by atoms with Crippen LogP contribution in [0.15, 0.2) is 11.4 Å². The van der Waals surface area contributed by atoms with E-state index >= 15 is 0 Å². The number of rotatable bonds is 2. The molecule has 0 bridgehead atoms. The minimum atomic E-state index is -4.38. The highest BCUT2D eigenvalue weighted by Crippen LogP contribution is 2.26. The molecule has 0 fully saturated rings. The van der Waals surface area contributed by atoms with Crippen LogP contribution in [0.5, 0.6) is 0 Å².